The molecule has 1 aromatic carbocycles. The van der Waals surface area contributed by atoms with Gasteiger partial charge in [0.25, 0.3) is 16.8 Å². The summed E-state index contributed by atoms with van der Waals surface area (Å²) in [5, 5.41) is 10.4. The van der Waals surface area contributed by atoms with Gasteiger partial charge in [0.15, 0.2) is 0 Å². The van der Waals surface area contributed by atoms with Crippen molar-refractivity contribution < 1.29 is 28.5 Å². The van der Waals surface area contributed by atoms with Crippen LogP contribution in [0.15, 0.2) is 39.7 Å². The summed E-state index contributed by atoms with van der Waals surface area (Å²) in [6, 6.07) is 6.89. The lowest BCUT2D eigenvalue weighted by atomic mass is 10.2. The Hall–Kier alpha value is -3.11. The molecule has 28 heavy (non-hydrogen) atoms. The fraction of sp³-hybridized carbons (Fsp3) is 0.118. The Balaban J connectivity index is 1.81. The number of nitro benzene ring substituents is 1. The number of nitrogens with zero attached hydrogens (tertiary/aromatic N) is 2. The van der Waals surface area contributed by atoms with Gasteiger partial charge in [-0.05, 0) is 41.6 Å². The molecule has 1 saturated heterocycles. The first-order valence-electron chi connectivity index (χ1n) is 7.66. The van der Waals surface area contributed by atoms with Crippen molar-refractivity contribution in [3.8, 4) is 0 Å². The molecule has 0 spiro atoms. The fourth-order valence-electron chi connectivity index (χ4n) is 2.38. The van der Waals surface area contributed by atoms with Crippen LogP contribution in [0.5, 0.6) is 0 Å². The maximum absolute atomic E-state index is 12.5. The van der Waals surface area contributed by atoms with E-state index in [1.807, 2.05) is 0 Å². The Morgan fingerprint density at radius 1 is 1.36 bits per heavy atom. The van der Waals surface area contributed by atoms with E-state index in [0.29, 0.717) is 17.3 Å². The highest BCUT2D eigenvalue weighted by atomic mass is 35.5. The second-order valence-corrected chi connectivity index (χ2v) is 6.89. The van der Waals surface area contributed by atoms with Gasteiger partial charge in [0.1, 0.15) is 10.8 Å². The molecular weight excluding hydrogens is 412 g/mol. The number of halogens is 1. The first-order valence-corrected chi connectivity index (χ1v) is 8.86. The first-order chi connectivity index (χ1) is 13.3. The Bertz CT molecular complexity index is 1030. The minimum Gasteiger partial charge on any atom is -0.463 e. The zero-order valence-corrected chi connectivity index (χ0v) is 15.8. The van der Waals surface area contributed by atoms with Crippen molar-refractivity contribution in [2.75, 3.05) is 7.11 Å². The molecule has 144 valence electrons. The molecule has 0 bridgehead atoms. The molecule has 0 radical (unpaired) electrons. The monoisotopic (exact) mass is 422 g/mol. The number of hydrogen-bond donors (Lipinski definition) is 0. The molecule has 0 atom stereocenters. The summed E-state index contributed by atoms with van der Waals surface area (Å²) in [5.41, 5.74) is 0.0492. The molecule has 1 aliphatic heterocycles. The van der Waals surface area contributed by atoms with Crippen LogP contribution in [0, 0.1) is 10.1 Å². The third-order valence-corrected chi connectivity index (χ3v) is 4.93. The van der Waals surface area contributed by atoms with Gasteiger partial charge >= 0.3 is 5.97 Å². The summed E-state index contributed by atoms with van der Waals surface area (Å²) in [6.07, 6.45) is 1.37. The van der Waals surface area contributed by atoms with E-state index in [4.69, 9.17) is 16.0 Å². The fourth-order valence-corrected chi connectivity index (χ4v) is 3.40. The maximum Gasteiger partial charge on any atom is 0.373 e. The molecule has 11 heteroatoms. The number of furan rings is 1. The predicted molar refractivity (Wildman–Crippen MR) is 99.7 cm³/mol. The highest BCUT2D eigenvalue weighted by Gasteiger charge is 2.36. The molecule has 1 aliphatic rings. The number of amides is 2. The van der Waals surface area contributed by atoms with Gasteiger partial charge in [0.2, 0.25) is 5.76 Å². The van der Waals surface area contributed by atoms with Crippen molar-refractivity contribution in [3.05, 3.63) is 67.5 Å². The van der Waals surface area contributed by atoms with E-state index in [1.54, 1.807) is 0 Å². The summed E-state index contributed by atoms with van der Waals surface area (Å²) >= 11 is 6.46. The van der Waals surface area contributed by atoms with E-state index in [0.717, 1.165) is 4.90 Å². The molecule has 0 aliphatic carbocycles. The van der Waals surface area contributed by atoms with E-state index < -0.39 is 22.0 Å². The number of esters is 1. The molecule has 0 N–H and O–H groups in total. The molecular formula is C17H11ClN2O7S. The predicted octanol–water partition coefficient (Wildman–Crippen LogP) is 3.86. The van der Waals surface area contributed by atoms with E-state index in [-0.39, 0.29) is 33.7 Å². The van der Waals surface area contributed by atoms with Gasteiger partial charge in [-0.1, -0.05) is 17.7 Å². The molecule has 0 unspecified atom stereocenters. The third-order valence-electron chi connectivity index (χ3n) is 3.70. The minimum absolute atomic E-state index is 0.0329. The zero-order chi connectivity index (χ0) is 20.4. The van der Waals surface area contributed by atoms with Crippen LogP contribution >= 0.6 is 23.4 Å². The third kappa shape index (κ3) is 3.92. The Morgan fingerprint density at radius 2 is 2.11 bits per heavy atom. The molecule has 2 aromatic rings. The van der Waals surface area contributed by atoms with Gasteiger partial charge < -0.3 is 9.15 Å². The van der Waals surface area contributed by atoms with Crippen LogP contribution in [0.2, 0.25) is 5.02 Å². The van der Waals surface area contributed by atoms with Gasteiger partial charge in [-0.3, -0.25) is 24.6 Å². The van der Waals surface area contributed by atoms with Crippen molar-refractivity contribution in [3.63, 3.8) is 0 Å². The minimum atomic E-state index is -0.676. The number of carbonyl (C=O) groups excluding carboxylic acids is 3. The topological polar surface area (TPSA) is 120 Å². The summed E-state index contributed by atoms with van der Waals surface area (Å²) in [5.74, 6) is -1.08. The molecule has 0 saturated carbocycles. The number of ether oxygens (including phenoxy) is 1. The molecule has 2 heterocycles. The number of rotatable bonds is 5. The van der Waals surface area contributed by atoms with Crippen molar-refractivity contribution >= 4 is 52.2 Å². The van der Waals surface area contributed by atoms with Crippen LogP contribution in [0.3, 0.4) is 0 Å². The smallest absolute Gasteiger partial charge is 0.373 e. The van der Waals surface area contributed by atoms with Crippen molar-refractivity contribution in [1.82, 2.24) is 4.90 Å². The van der Waals surface area contributed by atoms with Crippen molar-refractivity contribution in [2.45, 2.75) is 6.54 Å². The average Bonchev–Trinajstić information content (AvgIpc) is 3.23. The number of methoxy groups -OCH3 is 1. The normalized spacial score (nSPS) is 15.4. The van der Waals surface area contributed by atoms with Crippen LogP contribution in [-0.4, -0.2) is 34.0 Å². The maximum atomic E-state index is 12.5. The quantitative estimate of drug-likeness (QED) is 0.308. The second kappa shape index (κ2) is 7.87. The number of hydrogen-bond acceptors (Lipinski definition) is 8. The second-order valence-electron chi connectivity index (χ2n) is 5.49. The SMILES string of the molecule is COC(=O)c1ccc(CN2C(=O)SC(=Cc3ccc(Cl)c([N+](=O)[O-])c3)C2=O)o1. The van der Waals surface area contributed by atoms with Crippen LogP contribution < -0.4 is 0 Å². The Kier molecular flexibility index (Phi) is 5.52. The molecule has 3 rings (SSSR count). The van der Waals surface area contributed by atoms with Crippen LogP contribution in [0.4, 0.5) is 10.5 Å². The zero-order valence-electron chi connectivity index (χ0n) is 14.2. The summed E-state index contributed by atoms with van der Waals surface area (Å²) in [4.78, 5) is 47.5. The van der Waals surface area contributed by atoms with Crippen molar-refractivity contribution in [1.29, 1.82) is 0 Å². The highest BCUT2D eigenvalue weighted by molar-refractivity contribution is 8.18. The average molecular weight is 423 g/mol. The number of imide groups is 1. The Labute approximate surface area is 167 Å². The largest absolute Gasteiger partial charge is 0.463 e. The van der Waals surface area contributed by atoms with E-state index in [1.165, 1.54) is 43.5 Å². The summed E-state index contributed by atoms with van der Waals surface area (Å²) < 4.78 is 9.79. The lowest BCUT2D eigenvalue weighted by molar-refractivity contribution is -0.384. The lowest BCUT2D eigenvalue weighted by Gasteiger charge is -2.09. The van der Waals surface area contributed by atoms with Gasteiger partial charge in [-0.2, -0.15) is 0 Å². The van der Waals surface area contributed by atoms with Crippen LogP contribution in [0.25, 0.3) is 6.08 Å². The van der Waals surface area contributed by atoms with E-state index in [2.05, 4.69) is 4.74 Å². The Morgan fingerprint density at radius 3 is 2.79 bits per heavy atom. The first kappa shape index (κ1) is 19.6. The summed E-state index contributed by atoms with van der Waals surface area (Å²) in [7, 11) is 1.20. The molecule has 1 aromatic heterocycles. The number of benzene rings is 1. The van der Waals surface area contributed by atoms with Gasteiger partial charge in [0, 0.05) is 6.07 Å². The lowest BCUT2D eigenvalue weighted by Crippen LogP contribution is -2.27. The van der Waals surface area contributed by atoms with Crippen LogP contribution in [0.1, 0.15) is 21.9 Å². The standard InChI is InChI=1S/C17H11ClN2O7S/c1-26-16(22)13-5-3-10(27-13)8-19-15(21)14(28-17(19)23)7-9-2-4-11(18)12(6-9)20(24)25/h2-7H,8H2,1H3. The van der Waals surface area contributed by atoms with Gasteiger partial charge in [-0.15, -0.1) is 0 Å². The highest BCUT2D eigenvalue weighted by Crippen LogP contribution is 2.34. The summed E-state index contributed by atoms with van der Waals surface area (Å²) in [6.45, 7) is -0.167. The number of nitro groups is 1. The molecule has 1 fully saturated rings. The number of carbonyl (C=O) groups is 3. The van der Waals surface area contributed by atoms with E-state index >= 15 is 0 Å². The molecule has 9 nitrogen and oxygen atoms in total. The molecule has 2 amide bonds. The van der Waals surface area contributed by atoms with Gasteiger partial charge in [-0.25, -0.2) is 4.79 Å². The van der Waals surface area contributed by atoms with Crippen LogP contribution in [-0.2, 0) is 16.1 Å². The number of thioether (sulfide) groups is 1. The van der Waals surface area contributed by atoms with Crippen molar-refractivity contribution in [2.24, 2.45) is 0 Å². The van der Waals surface area contributed by atoms with E-state index in [9.17, 15) is 24.5 Å². The van der Waals surface area contributed by atoms with Gasteiger partial charge in [0.05, 0.1) is 23.5 Å².